The van der Waals surface area contributed by atoms with E-state index in [0.717, 1.165) is 37.4 Å². The molecule has 1 aromatic carbocycles. The molecule has 0 saturated carbocycles. The molecule has 1 heterocycles. The van der Waals surface area contributed by atoms with Crippen LogP contribution in [0.5, 0.6) is 5.75 Å². The Balaban J connectivity index is 1.74. The summed E-state index contributed by atoms with van der Waals surface area (Å²) in [4.78, 5) is 0. The van der Waals surface area contributed by atoms with E-state index in [1.54, 1.807) is 0 Å². The topological polar surface area (TPSA) is 35.1 Å². The van der Waals surface area contributed by atoms with Crippen molar-refractivity contribution in [3.8, 4) is 5.75 Å². The van der Waals surface area contributed by atoms with E-state index >= 15 is 0 Å². The van der Waals surface area contributed by atoms with E-state index in [9.17, 15) is 0 Å². The van der Waals surface area contributed by atoms with Crippen LogP contribution in [0.4, 0.5) is 0 Å². The van der Waals surface area contributed by atoms with Crippen molar-refractivity contribution in [3.05, 3.63) is 41.4 Å². The fourth-order valence-electron chi connectivity index (χ4n) is 2.41. The summed E-state index contributed by atoms with van der Waals surface area (Å²) in [5.41, 5.74) is 1.09. The van der Waals surface area contributed by atoms with Gasteiger partial charge >= 0.3 is 0 Å². The number of quaternary nitrogens is 1. The second-order valence-corrected chi connectivity index (χ2v) is 5.42. The minimum Gasteiger partial charge on any atom is -0.486 e. The molecule has 4 heteroatoms. The van der Waals surface area contributed by atoms with Gasteiger partial charge in [-0.05, 0) is 30.9 Å². The SMILES string of the molecule is C=CCc1cccc(Cl)c1OCC[NH2+]C[C@H]1CCCO1. The number of ether oxygens (including phenoxy) is 2. The third kappa shape index (κ3) is 4.51. The summed E-state index contributed by atoms with van der Waals surface area (Å²) >= 11 is 6.19. The summed E-state index contributed by atoms with van der Waals surface area (Å²) in [6.07, 6.45) is 5.44. The summed E-state index contributed by atoms with van der Waals surface area (Å²) in [6, 6.07) is 5.83. The predicted octanol–water partition coefficient (Wildman–Crippen LogP) is 2.19. The molecular formula is C16H23ClNO2+. The first-order chi connectivity index (χ1) is 9.81. The maximum Gasteiger partial charge on any atom is 0.141 e. The van der Waals surface area contributed by atoms with Crippen molar-refractivity contribution in [3.63, 3.8) is 0 Å². The molecule has 1 aliphatic rings. The molecule has 0 aromatic heterocycles. The van der Waals surface area contributed by atoms with Crippen molar-refractivity contribution in [2.45, 2.75) is 25.4 Å². The van der Waals surface area contributed by atoms with Gasteiger partial charge in [-0.15, -0.1) is 6.58 Å². The van der Waals surface area contributed by atoms with E-state index in [2.05, 4.69) is 11.9 Å². The molecule has 1 atom stereocenters. The normalized spacial score (nSPS) is 18.1. The molecule has 0 radical (unpaired) electrons. The molecule has 110 valence electrons. The van der Waals surface area contributed by atoms with Crippen LogP contribution in [0.25, 0.3) is 0 Å². The number of halogens is 1. The van der Waals surface area contributed by atoms with Gasteiger partial charge in [-0.1, -0.05) is 29.8 Å². The summed E-state index contributed by atoms with van der Waals surface area (Å²) in [6.45, 7) is 7.27. The molecule has 0 amide bonds. The molecule has 0 spiro atoms. The van der Waals surface area contributed by atoms with Gasteiger partial charge in [-0.25, -0.2) is 0 Å². The molecule has 20 heavy (non-hydrogen) atoms. The maximum atomic E-state index is 6.19. The zero-order chi connectivity index (χ0) is 14.2. The van der Waals surface area contributed by atoms with Gasteiger partial charge in [0, 0.05) is 6.61 Å². The van der Waals surface area contributed by atoms with Crippen LogP contribution >= 0.6 is 11.6 Å². The van der Waals surface area contributed by atoms with E-state index in [1.165, 1.54) is 12.8 Å². The Morgan fingerprint density at radius 3 is 3.15 bits per heavy atom. The maximum absolute atomic E-state index is 6.19. The average Bonchev–Trinajstić information content (AvgIpc) is 2.94. The fourth-order valence-corrected chi connectivity index (χ4v) is 2.66. The van der Waals surface area contributed by atoms with Crippen LogP contribution < -0.4 is 10.1 Å². The minimum absolute atomic E-state index is 0.423. The Bertz CT molecular complexity index is 430. The molecule has 3 nitrogen and oxygen atoms in total. The highest BCUT2D eigenvalue weighted by atomic mass is 35.5. The summed E-state index contributed by atoms with van der Waals surface area (Å²) in [5.74, 6) is 0.791. The number of hydrogen-bond acceptors (Lipinski definition) is 2. The second kappa shape index (κ2) is 8.30. The lowest BCUT2D eigenvalue weighted by molar-refractivity contribution is -0.661. The van der Waals surface area contributed by atoms with Crippen molar-refractivity contribution in [2.75, 3.05) is 26.3 Å². The lowest BCUT2D eigenvalue weighted by atomic mass is 10.1. The number of allylic oxidation sites excluding steroid dienone is 1. The quantitative estimate of drug-likeness (QED) is 0.589. The molecule has 1 aromatic rings. The van der Waals surface area contributed by atoms with Crippen LogP contribution in [-0.2, 0) is 11.2 Å². The minimum atomic E-state index is 0.423. The molecule has 2 rings (SSSR count). The van der Waals surface area contributed by atoms with Crippen molar-refractivity contribution in [2.24, 2.45) is 0 Å². The van der Waals surface area contributed by atoms with Crippen LogP contribution in [-0.4, -0.2) is 32.4 Å². The van der Waals surface area contributed by atoms with E-state index in [4.69, 9.17) is 21.1 Å². The van der Waals surface area contributed by atoms with Crippen molar-refractivity contribution in [1.82, 2.24) is 0 Å². The Morgan fingerprint density at radius 1 is 1.50 bits per heavy atom. The zero-order valence-corrected chi connectivity index (χ0v) is 12.6. The lowest BCUT2D eigenvalue weighted by Crippen LogP contribution is -2.87. The Morgan fingerprint density at radius 2 is 2.40 bits per heavy atom. The smallest absolute Gasteiger partial charge is 0.141 e. The Kier molecular flexibility index (Phi) is 6.37. The van der Waals surface area contributed by atoms with Gasteiger partial charge in [0.1, 0.15) is 31.5 Å². The number of nitrogens with two attached hydrogens (primary N) is 1. The summed E-state index contributed by atoms with van der Waals surface area (Å²) in [5, 5.41) is 2.92. The van der Waals surface area contributed by atoms with Crippen molar-refractivity contribution >= 4 is 11.6 Å². The number of para-hydroxylation sites is 1. The Labute approximate surface area is 125 Å². The predicted molar refractivity (Wildman–Crippen MR) is 81.5 cm³/mol. The molecule has 0 bridgehead atoms. The Hall–Kier alpha value is -1.03. The molecule has 1 fully saturated rings. The van der Waals surface area contributed by atoms with Crippen molar-refractivity contribution < 1.29 is 14.8 Å². The van der Waals surface area contributed by atoms with Crippen LogP contribution in [0.1, 0.15) is 18.4 Å². The lowest BCUT2D eigenvalue weighted by Gasteiger charge is -2.12. The van der Waals surface area contributed by atoms with Gasteiger partial charge in [0.25, 0.3) is 0 Å². The third-order valence-corrected chi connectivity index (χ3v) is 3.73. The van der Waals surface area contributed by atoms with Gasteiger partial charge in [0.05, 0.1) is 5.02 Å². The van der Waals surface area contributed by atoms with E-state index < -0.39 is 0 Å². The average molecular weight is 297 g/mol. The molecule has 0 unspecified atom stereocenters. The highest BCUT2D eigenvalue weighted by molar-refractivity contribution is 6.32. The van der Waals surface area contributed by atoms with Crippen LogP contribution in [0, 0.1) is 0 Å². The highest BCUT2D eigenvalue weighted by Crippen LogP contribution is 2.29. The monoisotopic (exact) mass is 296 g/mol. The first-order valence-electron chi connectivity index (χ1n) is 7.25. The van der Waals surface area contributed by atoms with Gasteiger partial charge in [0.15, 0.2) is 0 Å². The first-order valence-corrected chi connectivity index (χ1v) is 7.63. The first kappa shape index (κ1) is 15.4. The highest BCUT2D eigenvalue weighted by Gasteiger charge is 2.16. The van der Waals surface area contributed by atoms with Crippen LogP contribution in [0.3, 0.4) is 0 Å². The second-order valence-electron chi connectivity index (χ2n) is 5.02. The van der Waals surface area contributed by atoms with Gasteiger partial charge in [-0.2, -0.15) is 0 Å². The van der Waals surface area contributed by atoms with E-state index in [0.29, 0.717) is 17.7 Å². The molecular weight excluding hydrogens is 274 g/mol. The van der Waals surface area contributed by atoms with Crippen LogP contribution in [0.15, 0.2) is 30.9 Å². The zero-order valence-electron chi connectivity index (χ0n) is 11.8. The van der Waals surface area contributed by atoms with E-state index in [1.807, 2.05) is 24.3 Å². The number of benzene rings is 1. The van der Waals surface area contributed by atoms with Gasteiger partial charge < -0.3 is 14.8 Å². The third-order valence-electron chi connectivity index (χ3n) is 3.43. The summed E-state index contributed by atoms with van der Waals surface area (Å²) in [7, 11) is 0. The van der Waals surface area contributed by atoms with Gasteiger partial charge in [0.2, 0.25) is 0 Å². The molecule has 2 N–H and O–H groups in total. The standard InChI is InChI=1S/C16H22ClNO2/c1-2-5-13-6-3-8-15(17)16(13)20-11-9-18-12-14-7-4-10-19-14/h2-3,6,8,14,18H,1,4-5,7,9-12H2/p+1/t14-/m1/s1. The molecule has 1 aliphatic heterocycles. The molecule has 0 aliphatic carbocycles. The largest absolute Gasteiger partial charge is 0.486 e. The van der Waals surface area contributed by atoms with Gasteiger partial charge in [-0.3, -0.25) is 0 Å². The summed E-state index contributed by atoms with van der Waals surface area (Å²) < 4.78 is 11.4. The molecule has 1 saturated heterocycles. The van der Waals surface area contributed by atoms with E-state index in [-0.39, 0.29) is 0 Å². The van der Waals surface area contributed by atoms with Crippen LogP contribution in [0.2, 0.25) is 5.02 Å². The number of rotatable bonds is 8. The van der Waals surface area contributed by atoms with Crippen molar-refractivity contribution in [1.29, 1.82) is 0 Å². The fraction of sp³-hybridized carbons (Fsp3) is 0.500. The number of hydrogen-bond donors (Lipinski definition) is 1.